The lowest BCUT2D eigenvalue weighted by molar-refractivity contribution is -0.116. The summed E-state index contributed by atoms with van der Waals surface area (Å²) >= 11 is 1.18. The second-order valence-corrected chi connectivity index (χ2v) is 8.97. The highest BCUT2D eigenvalue weighted by atomic mass is 32.2. The Labute approximate surface area is 199 Å². The summed E-state index contributed by atoms with van der Waals surface area (Å²) in [5.41, 5.74) is 5.74. The normalized spacial score (nSPS) is 13.2. The highest BCUT2D eigenvalue weighted by molar-refractivity contribution is 7.99. The molecule has 0 atom stereocenters. The third-order valence-electron chi connectivity index (χ3n) is 5.47. The number of carbonyl (C=O) groups is 1. The first-order valence-electron chi connectivity index (χ1n) is 11.0. The smallest absolute Gasteiger partial charge is 0.330 e. The lowest BCUT2D eigenvalue weighted by Crippen LogP contribution is -2.42. The van der Waals surface area contributed by atoms with Crippen LogP contribution in [-0.4, -0.2) is 56.7 Å². The molecule has 1 aromatic carbocycles. The molecule has 0 bridgehead atoms. The van der Waals surface area contributed by atoms with Crippen LogP contribution >= 0.6 is 11.8 Å². The highest BCUT2D eigenvalue weighted by Crippen LogP contribution is 2.38. The van der Waals surface area contributed by atoms with Crippen LogP contribution in [0.25, 0.3) is 0 Å². The Bertz CT molecular complexity index is 1250. The van der Waals surface area contributed by atoms with Gasteiger partial charge in [0, 0.05) is 26.2 Å². The van der Waals surface area contributed by atoms with Gasteiger partial charge >= 0.3 is 5.69 Å². The molecule has 0 saturated heterocycles. The van der Waals surface area contributed by atoms with Gasteiger partial charge in [-0.05, 0) is 24.8 Å². The SMILES string of the molecule is COCCCN(C(=O)CSc1n[nH]c(C2CC2)n1)c1c(N)n(Cc2ccccc2)c(=O)[nH]c1=O. The van der Waals surface area contributed by atoms with Crippen molar-refractivity contribution in [2.24, 2.45) is 0 Å². The molecule has 1 amide bonds. The predicted octanol–water partition coefficient (Wildman–Crippen LogP) is 1.32. The molecule has 4 N–H and O–H groups in total. The van der Waals surface area contributed by atoms with Crippen molar-refractivity contribution in [3.05, 3.63) is 62.6 Å². The van der Waals surface area contributed by atoms with Gasteiger partial charge in [0.25, 0.3) is 5.56 Å². The molecule has 1 fully saturated rings. The van der Waals surface area contributed by atoms with E-state index < -0.39 is 11.2 Å². The van der Waals surface area contributed by atoms with Gasteiger partial charge in [-0.2, -0.15) is 0 Å². The fourth-order valence-electron chi connectivity index (χ4n) is 3.56. The minimum atomic E-state index is -0.712. The molecule has 0 aliphatic heterocycles. The Morgan fingerprint density at radius 2 is 2.06 bits per heavy atom. The van der Waals surface area contributed by atoms with Crippen molar-refractivity contribution in [3.8, 4) is 0 Å². The minimum Gasteiger partial charge on any atom is -0.385 e. The molecule has 2 heterocycles. The van der Waals surface area contributed by atoms with E-state index in [9.17, 15) is 14.4 Å². The number of aromatic nitrogens is 5. The molecule has 1 aliphatic carbocycles. The van der Waals surface area contributed by atoms with Crippen molar-refractivity contribution in [3.63, 3.8) is 0 Å². The van der Waals surface area contributed by atoms with E-state index in [1.165, 1.54) is 21.2 Å². The number of carbonyl (C=O) groups excluding carboxylic acids is 1. The van der Waals surface area contributed by atoms with E-state index in [1.54, 1.807) is 7.11 Å². The quantitative estimate of drug-likeness (QED) is 0.272. The van der Waals surface area contributed by atoms with Crippen LogP contribution in [0.2, 0.25) is 0 Å². The number of benzene rings is 1. The number of amides is 1. The van der Waals surface area contributed by atoms with Crippen LogP contribution in [0.5, 0.6) is 0 Å². The van der Waals surface area contributed by atoms with Crippen LogP contribution in [0.1, 0.15) is 36.6 Å². The molecule has 180 valence electrons. The van der Waals surface area contributed by atoms with E-state index in [1.807, 2.05) is 30.3 Å². The zero-order valence-electron chi connectivity index (χ0n) is 18.8. The summed E-state index contributed by atoms with van der Waals surface area (Å²) in [5.74, 6) is 0.849. The van der Waals surface area contributed by atoms with E-state index in [0.717, 1.165) is 24.2 Å². The molecule has 12 heteroatoms. The number of rotatable bonds is 11. The fourth-order valence-corrected chi connectivity index (χ4v) is 4.24. The Morgan fingerprint density at radius 1 is 1.29 bits per heavy atom. The maximum atomic E-state index is 13.2. The third-order valence-corrected chi connectivity index (χ3v) is 6.30. The lowest BCUT2D eigenvalue weighted by Gasteiger charge is -2.24. The Balaban J connectivity index is 1.59. The molecule has 3 aromatic rings. The van der Waals surface area contributed by atoms with Crippen LogP contribution in [0, 0.1) is 0 Å². The first kappa shape index (κ1) is 23.8. The number of nitrogen functional groups attached to an aromatic ring is 1. The second-order valence-electron chi connectivity index (χ2n) is 8.02. The lowest BCUT2D eigenvalue weighted by atomic mass is 10.2. The van der Waals surface area contributed by atoms with Gasteiger partial charge in [0.2, 0.25) is 11.1 Å². The maximum absolute atomic E-state index is 13.2. The van der Waals surface area contributed by atoms with Gasteiger partial charge < -0.3 is 15.4 Å². The minimum absolute atomic E-state index is 0.00559. The number of hydrogen-bond donors (Lipinski definition) is 3. The number of aromatic amines is 2. The third kappa shape index (κ3) is 5.57. The van der Waals surface area contributed by atoms with Gasteiger partial charge in [0.1, 0.15) is 11.6 Å². The summed E-state index contributed by atoms with van der Waals surface area (Å²) in [4.78, 5) is 46.6. The van der Waals surface area contributed by atoms with Crippen LogP contribution in [0.3, 0.4) is 0 Å². The maximum Gasteiger partial charge on any atom is 0.330 e. The number of methoxy groups -OCH3 is 1. The number of nitrogens with zero attached hydrogens (tertiary/aromatic N) is 4. The van der Waals surface area contributed by atoms with E-state index >= 15 is 0 Å². The molecule has 1 saturated carbocycles. The molecule has 2 aromatic heterocycles. The number of H-pyrrole nitrogens is 2. The van der Waals surface area contributed by atoms with Crippen LogP contribution < -0.4 is 21.9 Å². The zero-order chi connectivity index (χ0) is 24.1. The molecular formula is C22H27N7O4S. The van der Waals surface area contributed by atoms with E-state index in [0.29, 0.717) is 24.1 Å². The summed E-state index contributed by atoms with van der Waals surface area (Å²) < 4.78 is 6.37. The Kier molecular flexibility index (Phi) is 7.48. The topological polar surface area (TPSA) is 152 Å². The molecule has 0 spiro atoms. The zero-order valence-corrected chi connectivity index (χ0v) is 19.6. The van der Waals surface area contributed by atoms with Crippen LogP contribution in [0.4, 0.5) is 11.5 Å². The first-order valence-corrected chi connectivity index (χ1v) is 12.0. The number of nitrogens with two attached hydrogens (primary N) is 1. The monoisotopic (exact) mass is 485 g/mol. The van der Waals surface area contributed by atoms with Gasteiger partial charge in [-0.1, -0.05) is 42.1 Å². The van der Waals surface area contributed by atoms with Crippen molar-refractivity contribution >= 4 is 29.2 Å². The number of hydrogen-bond acceptors (Lipinski definition) is 8. The summed E-state index contributed by atoms with van der Waals surface area (Å²) in [6.07, 6.45) is 2.66. The number of ether oxygens (including phenoxy) is 1. The van der Waals surface area contributed by atoms with Gasteiger partial charge in [-0.25, -0.2) is 9.78 Å². The molecular weight excluding hydrogens is 458 g/mol. The van der Waals surface area contributed by atoms with Crippen molar-refractivity contribution in [1.29, 1.82) is 0 Å². The second kappa shape index (κ2) is 10.7. The Hall–Kier alpha value is -3.38. The molecule has 0 unspecified atom stereocenters. The average molecular weight is 486 g/mol. The molecule has 0 radical (unpaired) electrons. The van der Waals surface area contributed by atoms with E-state index in [-0.39, 0.29) is 36.3 Å². The van der Waals surface area contributed by atoms with Crippen molar-refractivity contribution in [2.45, 2.75) is 36.9 Å². The molecule has 1 aliphatic rings. The first-order chi connectivity index (χ1) is 16.5. The number of nitrogens with one attached hydrogen (secondary N) is 2. The van der Waals surface area contributed by atoms with Crippen LogP contribution in [-0.2, 0) is 16.1 Å². The number of anilines is 2. The standard InChI is InChI=1S/C22H27N7O4S/c1-33-11-5-10-28(16(30)13-34-21-24-19(26-27-21)15-8-9-15)17-18(23)29(22(32)25-20(17)31)12-14-6-3-2-4-7-14/h2-4,6-7,15H,5,8-13,23H2,1H3,(H,24,26,27)(H,25,31,32). The van der Waals surface area contributed by atoms with E-state index in [4.69, 9.17) is 10.5 Å². The van der Waals surface area contributed by atoms with Crippen molar-refractivity contribution in [1.82, 2.24) is 24.7 Å². The summed E-state index contributed by atoms with van der Waals surface area (Å²) in [7, 11) is 1.56. The Morgan fingerprint density at radius 3 is 2.76 bits per heavy atom. The van der Waals surface area contributed by atoms with E-state index in [2.05, 4.69) is 20.2 Å². The largest absolute Gasteiger partial charge is 0.385 e. The van der Waals surface area contributed by atoms with Crippen LogP contribution in [0.15, 0.2) is 45.1 Å². The van der Waals surface area contributed by atoms with Gasteiger partial charge in [-0.3, -0.25) is 24.2 Å². The predicted molar refractivity (Wildman–Crippen MR) is 129 cm³/mol. The molecule has 11 nitrogen and oxygen atoms in total. The van der Waals surface area contributed by atoms with Gasteiger partial charge in [0.15, 0.2) is 5.69 Å². The summed E-state index contributed by atoms with van der Waals surface area (Å²) in [6.45, 7) is 0.751. The van der Waals surface area contributed by atoms with Gasteiger partial charge in [-0.15, -0.1) is 5.10 Å². The van der Waals surface area contributed by atoms with Crippen molar-refractivity contribution < 1.29 is 9.53 Å². The summed E-state index contributed by atoms with van der Waals surface area (Å²) in [6, 6.07) is 9.25. The average Bonchev–Trinajstić information content (AvgIpc) is 3.57. The van der Waals surface area contributed by atoms with Crippen molar-refractivity contribution in [2.75, 3.05) is 36.6 Å². The number of thioether (sulfide) groups is 1. The molecule has 34 heavy (non-hydrogen) atoms. The fraction of sp³-hybridized carbons (Fsp3) is 0.409. The summed E-state index contributed by atoms with van der Waals surface area (Å²) in [5, 5.41) is 7.55. The van der Waals surface area contributed by atoms with Gasteiger partial charge in [0.05, 0.1) is 12.3 Å². The highest BCUT2D eigenvalue weighted by Gasteiger charge is 2.28. The molecule has 4 rings (SSSR count).